The number of ketones is 1. The summed E-state index contributed by atoms with van der Waals surface area (Å²) in [5, 5.41) is 57.0. The maximum Gasteiger partial charge on any atom is 0.251 e. The quantitative estimate of drug-likeness (QED) is 0.0718. The second-order valence-corrected chi connectivity index (χ2v) is 18.3. The largest absolute Gasteiger partial charge is 0.507 e. The fourth-order valence-corrected chi connectivity index (χ4v) is 8.99. The van der Waals surface area contributed by atoms with E-state index < -0.39 is 35.3 Å². The Morgan fingerprint density at radius 3 is 2.12 bits per heavy atom. The third-order valence-corrected chi connectivity index (χ3v) is 12.0. The van der Waals surface area contributed by atoms with Gasteiger partial charge in [0, 0.05) is 68.4 Å². The molecule has 13 nitrogen and oxygen atoms in total. The molecule has 3 heterocycles. The lowest BCUT2D eigenvalue weighted by molar-refractivity contribution is -0.235. The highest BCUT2D eigenvalue weighted by atomic mass is 16.6. The van der Waals surface area contributed by atoms with Crippen molar-refractivity contribution in [3.63, 3.8) is 0 Å². The van der Waals surface area contributed by atoms with Gasteiger partial charge in [0.1, 0.15) is 22.5 Å². The Morgan fingerprint density at radius 2 is 1.55 bits per heavy atom. The molecule has 0 radical (unpaired) electrons. The number of carbonyl (C=O) groups excluding carboxylic acids is 2. The smallest absolute Gasteiger partial charge is 0.251 e. The van der Waals surface area contributed by atoms with E-state index in [0.29, 0.717) is 42.5 Å². The van der Waals surface area contributed by atoms with Crippen LogP contribution in [0.15, 0.2) is 45.9 Å². The molecule has 3 aliphatic heterocycles. The molecule has 3 aliphatic rings. The van der Waals surface area contributed by atoms with E-state index in [4.69, 9.17) is 24.6 Å². The summed E-state index contributed by atoms with van der Waals surface area (Å²) in [6, 6.07) is 0. The van der Waals surface area contributed by atoms with Crippen LogP contribution < -0.4 is 20.8 Å². The zero-order valence-electron chi connectivity index (χ0n) is 41.7. The number of rotatable bonds is 6. The van der Waals surface area contributed by atoms with Crippen molar-refractivity contribution in [2.45, 2.75) is 146 Å². The van der Waals surface area contributed by atoms with Crippen molar-refractivity contribution in [3.05, 3.63) is 57.8 Å². The molecule has 0 aliphatic carbocycles. The number of ether oxygens (including phenoxy) is 2. The van der Waals surface area contributed by atoms with E-state index in [9.17, 15) is 30.0 Å². The fraction of sp³-hybridized carbons (Fsp3) is 0.615. The lowest BCUT2D eigenvalue weighted by Crippen LogP contribution is -2.44. The van der Waals surface area contributed by atoms with Crippen molar-refractivity contribution in [1.82, 2.24) is 4.90 Å². The van der Waals surface area contributed by atoms with Gasteiger partial charge in [0.15, 0.2) is 23.0 Å². The standard InChI is InChI=1S/C47H68N4O8.C2H6.C2H2.CH4O/c1-12-58-44-32(9)41(54)36-35-34(44)33(52)19-14-13-17-28(5)40(53)31(8)43(59-46(10,11)57)30(7)24-27(4)16-15-18-29(6)45(56)48-39(42(36)55)38-37(35)49-47(50-38)20-22-51(23-21-47)25-26(2)3;3*1-2/h13-16,18,26-28,30-31,40,43,53-55,57H,12,17,19-25H2,1-11H3,(H,48,56);1-2H3;1-2H;2H,1H3/b14-13+,16-15+,29-18-;;;/t27-,28+,30+,31-,40+,43+;;;/m0.../s1. The molecule has 0 saturated carbocycles. The minimum Gasteiger partial charge on any atom is -0.507 e. The predicted molar refractivity (Wildman–Crippen MR) is 261 cm³/mol. The number of likely N-dealkylation sites (tertiary alicyclic amines) is 1. The van der Waals surface area contributed by atoms with Gasteiger partial charge in [0.2, 0.25) is 0 Å². The van der Waals surface area contributed by atoms with Crippen LogP contribution in [0.25, 0.3) is 10.8 Å². The van der Waals surface area contributed by atoms with E-state index in [0.717, 1.165) is 26.7 Å². The number of aromatic hydroxyl groups is 2. The van der Waals surface area contributed by atoms with Gasteiger partial charge < -0.3 is 45.2 Å². The first-order chi connectivity index (χ1) is 30.7. The van der Waals surface area contributed by atoms with Crippen LogP contribution in [0.4, 0.5) is 5.69 Å². The van der Waals surface area contributed by atoms with E-state index in [1.165, 1.54) is 0 Å². The SMILES string of the molecule is C#C.CC.CCOc1c(C)c(O)c2c(O)c3c4c(c2c1C(=O)C/C=C/C[C@@H](C)[C@@H](O)[C@H](C)[C@H](OC(C)(C)O)[C@H](C)C[C@@H](C)/C=C/C=C(/C)C(=O)N3)=NC1(CCN(CC(C)C)CC1)N=4.CO. The van der Waals surface area contributed by atoms with Gasteiger partial charge in [-0.15, -0.1) is 12.8 Å². The first kappa shape index (κ1) is 56.5. The number of hydrogen-bond acceptors (Lipinski definition) is 12. The number of phenols is 2. The first-order valence-electron chi connectivity index (χ1n) is 23.3. The molecule has 1 spiro atoms. The maximum atomic E-state index is 14.6. The topological polar surface area (TPSA) is 194 Å². The van der Waals surface area contributed by atoms with Gasteiger partial charge in [-0.1, -0.05) is 85.8 Å². The highest BCUT2D eigenvalue weighted by Gasteiger charge is 2.40. The summed E-state index contributed by atoms with van der Waals surface area (Å²) in [5.74, 6) is -2.71. The van der Waals surface area contributed by atoms with Crippen LogP contribution in [-0.4, -0.2) is 99.1 Å². The minimum atomic E-state index is -1.41. The van der Waals surface area contributed by atoms with E-state index in [-0.39, 0.29) is 86.9 Å². The Kier molecular flexibility index (Phi) is 22.1. The highest BCUT2D eigenvalue weighted by Crippen LogP contribution is 2.45. The summed E-state index contributed by atoms with van der Waals surface area (Å²) in [5.41, 5.74) is -0.0512. The number of nitrogens with one attached hydrogen (secondary N) is 1. The number of terminal acetylenes is 1. The molecule has 5 rings (SSSR count). The summed E-state index contributed by atoms with van der Waals surface area (Å²) in [6.45, 7) is 27.3. The van der Waals surface area contributed by atoms with Crippen LogP contribution in [0.1, 0.15) is 131 Å². The molecule has 1 fully saturated rings. The van der Waals surface area contributed by atoms with Crippen LogP contribution in [0.3, 0.4) is 0 Å². The van der Waals surface area contributed by atoms with Crippen LogP contribution in [0.2, 0.25) is 0 Å². The molecule has 6 N–H and O–H groups in total. The van der Waals surface area contributed by atoms with E-state index in [1.54, 1.807) is 46.8 Å². The number of phenolic OH excluding ortho intramolecular Hbond substituents is 2. The molecule has 1 saturated heterocycles. The number of amides is 1. The van der Waals surface area contributed by atoms with Crippen molar-refractivity contribution < 1.29 is 44.6 Å². The molecule has 13 heteroatoms. The van der Waals surface area contributed by atoms with Gasteiger partial charge in [-0.3, -0.25) is 19.6 Å². The summed E-state index contributed by atoms with van der Waals surface area (Å²) in [7, 11) is 1.00. The summed E-state index contributed by atoms with van der Waals surface area (Å²) >= 11 is 0. The molecular weight excluding hydrogens is 825 g/mol. The molecule has 65 heavy (non-hydrogen) atoms. The van der Waals surface area contributed by atoms with Gasteiger partial charge in [-0.2, -0.15) is 0 Å². The highest BCUT2D eigenvalue weighted by molar-refractivity contribution is 6.16. The molecule has 2 aromatic carbocycles. The number of aliphatic hydroxyl groups excluding tert-OH is 2. The molecule has 362 valence electrons. The third kappa shape index (κ3) is 14.0. The monoisotopic (exact) mass is 905 g/mol. The van der Waals surface area contributed by atoms with E-state index in [1.807, 2.05) is 45.9 Å². The lowest BCUT2D eigenvalue weighted by Gasteiger charge is -2.38. The second-order valence-electron chi connectivity index (χ2n) is 18.3. The molecule has 1 amide bonds. The van der Waals surface area contributed by atoms with Crippen molar-refractivity contribution in [3.8, 4) is 30.1 Å². The van der Waals surface area contributed by atoms with Gasteiger partial charge in [0.25, 0.3) is 5.91 Å². The molecule has 0 aromatic heterocycles. The Hall–Kier alpha value is -4.58. The fourth-order valence-electron chi connectivity index (χ4n) is 8.99. The van der Waals surface area contributed by atoms with E-state index >= 15 is 0 Å². The number of carbonyl (C=O) groups is 2. The Balaban J connectivity index is 0.00000232. The van der Waals surface area contributed by atoms with Crippen LogP contribution in [0, 0.1) is 49.4 Å². The van der Waals surface area contributed by atoms with E-state index in [2.05, 4.69) is 50.8 Å². The number of aliphatic hydroxyl groups is 3. The minimum absolute atomic E-state index is 0.00277. The van der Waals surface area contributed by atoms with Crippen LogP contribution >= 0.6 is 0 Å². The van der Waals surface area contributed by atoms with Crippen LogP contribution in [0.5, 0.6) is 17.2 Å². The van der Waals surface area contributed by atoms with Crippen molar-refractivity contribution in [2.75, 3.05) is 38.7 Å². The first-order valence-corrected chi connectivity index (χ1v) is 23.3. The zero-order chi connectivity index (χ0) is 49.6. The zero-order valence-corrected chi connectivity index (χ0v) is 41.7. The summed E-state index contributed by atoms with van der Waals surface area (Å²) < 4.78 is 12.3. The van der Waals surface area contributed by atoms with Crippen molar-refractivity contribution in [2.24, 2.45) is 39.6 Å². The number of piperidine rings is 1. The molecule has 2 aromatic rings. The molecular formula is C52H80N4O9. The summed E-state index contributed by atoms with van der Waals surface area (Å²) in [4.78, 5) is 41.3. The van der Waals surface area contributed by atoms with Crippen molar-refractivity contribution in [1.29, 1.82) is 0 Å². The number of anilines is 1. The average molecular weight is 905 g/mol. The molecule has 0 unspecified atom stereocenters. The molecule has 6 atom stereocenters. The second kappa shape index (κ2) is 25.4. The van der Waals surface area contributed by atoms with Gasteiger partial charge in [0.05, 0.1) is 35.1 Å². The van der Waals surface area contributed by atoms with Gasteiger partial charge in [-0.25, -0.2) is 0 Å². The Morgan fingerprint density at radius 1 is 0.954 bits per heavy atom. The average Bonchev–Trinajstić information content (AvgIpc) is 3.64. The number of benzene rings is 2. The predicted octanol–water partition coefficient (Wildman–Crippen LogP) is 7.93. The normalized spacial score (nSPS) is 25.8. The summed E-state index contributed by atoms with van der Waals surface area (Å²) in [6.07, 6.45) is 18.3. The maximum absolute atomic E-state index is 14.6. The Bertz CT molecular complexity index is 2160. The van der Waals surface area contributed by atoms with Crippen LogP contribution in [-0.2, 0) is 9.53 Å². The molecule has 2 bridgehead atoms. The number of hydrogen-bond donors (Lipinski definition) is 6. The third-order valence-electron chi connectivity index (χ3n) is 12.0. The number of Topliss-reactive ketones (excluding diaryl/α,β-unsaturated/α-hetero) is 1. The van der Waals surface area contributed by atoms with Gasteiger partial charge in [-0.05, 0) is 71.1 Å². The lowest BCUT2D eigenvalue weighted by atomic mass is 9.80. The Labute approximate surface area is 388 Å². The van der Waals surface area contributed by atoms with Gasteiger partial charge >= 0.3 is 0 Å². The number of nitrogens with zero attached hydrogens (tertiary/aromatic N) is 3. The number of allylic oxidation sites excluding steroid dienone is 5. The van der Waals surface area contributed by atoms with Crippen molar-refractivity contribution >= 4 is 28.2 Å².